The Labute approximate surface area is 101 Å². The van der Waals surface area contributed by atoms with Crippen LogP contribution in [0.1, 0.15) is 18.4 Å². The van der Waals surface area contributed by atoms with Crippen LogP contribution in [0.25, 0.3) is 0 Å². The summed E-state index contributed by atoms with van der Waals surface area (Å²) in [6.45, 7) is 0. The molecule has 86 valence electrons. The van der Waals surface area contributed by atoms with Crippen molar-refractivity contribution in [2.45, 2.75) is 24.3 Å². The molecule has 1 aromatic rings. The van der Waals surface area contributed by atoms with Gasteiger partial charge in [-0.25, -0.2) is 4.39 Å². The zero-order chi connectivity index (χ0) is 11.9. The van der Waals surface area contributed by atoms with Gasteiger partial charge in [0.25, 0.3) is 0 Å². The molecule has 0 aromatic heterocycles. The highest BCUT2D eigenvalue weighted by Crippen LogP contribution is 2.44. The molecule has 0 unspecified atom stereocenters. The van der Waals surface area contributed by atoms with E-state index >= 15 is 0 Å². The number of aliphatic carboxylic acids is 1. The fourth-order valence-corrected chi connectivity index (χ4v) is 2.57. The Bertz CT molecular complexity index is 444. The molecule has 0 radical (unpaired) electrons. The van der Waals surface area contributed by atoms with Crippen LogP contribution in [-0.2, 0) is 10.2 Å². The summed E-state index contributed by atoms with van der Waals surface area (Å²) in [7, 11) is 0. The molecule has 5 heteroatoms. The number of hydrogen-bond acceptors (Lipinski definition) is 2. The van der Waals surface area contributed by atoms with Gasteiger partial charge in [-0.1, -0.05) is 15.9 Å². The lowest BCUT2D eigenvalue weighted by atomic mass is 9.61. The largest absolute Gasteiger partial charge is 0.481 e. The van der Waals surface area contributed by atoms with Crippen LogP contribution in [0.5, 0.6) is 0 Å². The first-order valence-corrected chi connectivity index (χ1v) is 5.69. The van der Waals surface area contributed by atoms with E-state index in [4.69, 9.17) is 5.73 Å². The van der Waals surface area contributed by atoms with Gasteiger partial charge in [0.15, 0.2) is 0 Å². The summed E-state index contributed by atoms with van der Waals surface area (Å²) in [6.07, 6.45) is 0.575. The number of nitrogens with two attached hydrogens (primary N) is 1. The quantitative estimate of drug-likeness (QED) is 0.875. The second kappa shape index (κ2) is 3.82. The molecule has 3 N–H and O–H groups in total. The van der Waals surface area contributed by atoms with Crippen molar-refractivity contribution in [2.75, 3.05) is 0 Å². The van der Waals surface area contributed by atoms with Crippen LogP contribution in [0.3, 0.4) is 0 Å². The maximum atomic E-state index is 13.6. The van der Waals surface area contributed by atoms with Crippen LogP contribution >= 0.6 is 15.9 Å². The zero-order valence-electron chi connectivity index (χ0n) is 8.41. The van der Waals surface area contributed by atoms with Crippen molar-refractivity contribution in [3.8, 4) is 0 Å². The van der Waals surface area contributed by atoms with Gasteiger partial charge in [0.2, 0.25) is 0 Å². The molecule has 3 nitrogen and oxygen atoms in total. The number of hydrogen-bond donors (Lipinski definition) is 2. The van der Waals surface area contributed by atoms with Crippen molar-refractivity contribution in [1.82, 2.24) is 0 Å². The molecule has 0 bridgehead atoms. The van der Waals surface area contributed by atoms with E-state index in [9.17, 15) is 14.3 Å². The fraction of sp³-hybridized carbons (Fsp3) is 0.364. The van der Waals surface area contributed by atoms with Gasteiger partial charge in [-0.2, -0.15) is 0 Å². The molecule has 0 heterocycles. The van der Waals surface area contributed by atoms with Crippen LogP contribution in [-0.4, -0.2) is 17.1 Å². The fourth-order valence-electron chi connectivity index (χ4n) is 2.21. The van der Waals surface area contributed by atoms with E-state index in [2.05, 4.69) is 15.9 Å². The molecule has 1 aliphatic carbocycles. The molecule has 1 fully saturated rings. The lowest BCUT2D eigenvalue weighted by molar-refractivity contribution is -0.148. The molecule has 2 rings (SSSR count). The maximum Gasteiger partial charge on any atom is 0.314 e. The third-order valence-corrected chi connectivity index (χ3v) is 3.57. The van der Waals surface area contributed by atoms with Crippen LogP contribution < -0.4 is 5.73 Å². The highest BCUT2D eigenvalue weighted by molar-refractivity contribution is 9.10. The number of benzene rings is 1. The summed E-state index contributed by atoms with van der Waals surface area (Å²) >= 11 is 3.22. The van der Waals surface area contributed by atoms with E-state index < -0.39 is 17.2 Å². The maximum absolute atomic E-state index is 13.6. The Kier molecular flexibility index (Phi) is 2.75. The minimum absolute atomic E-state index is 0.158. The predicted molar refractivity (Wildman–Crippen MR) is 60.6 cm³/mol. The third-order valence-electron chi connectivity index (χ3n) is 3.07. The van der Waals surface area contributed by atoms with Crippen LogP contribution in [0.15, 0.2) is 22.7 Å². The predicted octanol–water partition coefficient (Wildman–Crippen LogP) is 2.03. The first-order valence-electron chi connectivity index (χ1n) is 4.90. The number of carboxylic acids is 1. The molecule has 16 heavy (non-hydrogen) atoms. The Morgan fingerprint density at radius 1 is 1.56 bits per heavy atom. The van der Waals surface area contributed by atoms with Crippen LogP contribution in [0.4, 0.5) is 4.39 Å². The van der Waals surface area contributed by atoms with Gasteiger partial charge in [0.1, 0.15) is 5.82 Å². The number of carbonyl (C=O) groups is 1. The minimum atomic E-state index is -1.15. The highest BCUT2D eigenvalue weighted by atomic mass is 79.9. The average molecular weight is 288 g/mol. The smallest absolute Gasteiger partial charge is 0.314 e. The molecule has 0 spiro atoms. The van der Waals surface area contributed by atoms with E-state index in [1.807, 2.05) is 0 Å². The van der Waals surface area contributed by atoms with Crippen LogP contribution in [0, 0.1) is 5.82 Å². The Morgan fingerprint density at radius 3 is 2.69 bits per heavy atom. The third kappa shape index (κ3) is 1.64. The van der Waals surface area contributed by atoms with Gasteiger partial charge in [-0.15, -0.1) is 0 Å². The van der Waals surface area contributed by atoms with E-state index in [-0.39, 0.29) is 24.4 Å². The number of carboxylic acid groups (broad SMARTS) is 1. The average Bonchev–Trinajstić information content (AvgIpc) is 2.16. The van der Waals surface area contributed by atoms with Crippen molar-refractivity contribution >= 4 is 21.9 Å². The molecule has 1 saturated carbocycles. The second-order valence-electron chi connectivity index (χ2n) is 4.18. The summed E-state index contributed by atoms with van der Waals surface area (Å²) in [4.78, 5) is 11.3. The Hall–Kier alpha value is -0.940. The van der Waals surface area contributed by atoms with Gasteiger partial charge in [0.05, 0.1) is 5.41 Å². The normalized spacial score (nSPS) is 28.6. The van der Waals surface area contributed by atoms with Gasteiger partial charge < -0.3 is 10.8 Å². The van der Waals surface area contributed by atoms with Crippen molar-refractivity contribution < 1.29 is 14.3 Å². The molecular formula is C11H11BrFNO2. The molecular weight excluding hydrogens is 277 g/mol. The first kappa shape index (κ1) is 11.5. The van der Waals surface area contributed by atoms with E-state index in [0.717, 1.165) is 0 Å². The number of rotatable bonds is 2. The molecule has 1 aromatic carbocycles. The summed E-state index contributed by atoms with van der Waals surface area (Å²) in [5.74, 6) is -1.50. The highest BCUT2D eigenvalue weighted by Gasteiger charge is 2.51. The lowest BCUT2D eigenvalue weighted by Gasteiger charge is -2.43. The molecule has 0 saturated heterocycles. The second-order valence-corrected chi connectivity index (χ2v) is 5.10. The van der Waals surface area contributed by atoms with Gasteiger partial charge in [0, 0.05) is 16.1 Å². The lowest BCUT2D eigenvalue weighted by Crippen LogP contribution is -2.54. The van der Waals surface area contributed by atoms with Gasteiger partial charge in [-0.3, -0.25) is 4.79 Å². The summed E-state index contributed by atoms with van der Waals surface area (Å²) < 4.78 is 14.3. The SMILES string of the molecule is NC1CC(C(=O)O)(c2cc(Br)ccc2F)C1. The van der Waals surface area contributed by atoms with E-state index in [1.165, 1.54) is 12.1 Å². The molecule has 0 aliphatic heterocycles. The van der Waals surface area contributed by atoms with Crippen LogP contribution in [0.2, 0.25) is 0 Å². The Balaban J connectivity index is 2.48. The number of halogens is 2. The van der Waals surface area contributed by atoms with Gasteiger partial charge in [-0.05, 0) is 31.0 Å². The van der Waals surface area contributed by atoms with E-state index in [1.54, 1.807) is 6.07 Å². The molecule has 0 atom stereocenters. The van der Waals surface area contributed by atoms with Crippen molar-refractivity contribution in [3.63, 3.8) is 0 Å². The summed E-state index contributed by atoms with van der Waals surface area (Å²) in [6, 6.07) is 4.19. The first-order chi connectivity index (χ1) is 7.45. The van der Waals surface area contributed by atoms with Crippen molar-refractivity contribution in [1.29, 1.82) is 0 Å². The minimum Gasteiger partial charge on any atom is -0.481 e. The van der Waals surface area contributed by atoms with E-state index in [0.29, 0.717) is 4.47 Å². The standard InChI is InChI=1S/C11H11BrFNO2/c12-6-1-2-9(13)8(3-6)11(10(15)16)4-7(14)5-11/h1-3,7H,4-5,14H2,(H,15,16). The topological polar surface area (TPSA) is 63.3 Å². The van der Waals surface area contributed by atoms with Gasteiger partial charge >= 0.3 is 5.97 Å². The summed E-state index contributed by atoms with van der Waals surface area (Å²) in [5, 5.41) is 9.23. The zero-order valence-corrected chi connectivity index (χ0v) is 10.00. The summed E-state index contributed by atoms with van der Waals surface area (Å²) in [5.41, 5.74) is 4.69. The van der Waals surface area contributed by atoms with Crippen molar-refractivity contribution in [2.24, 2.45) is 5.73 Å². The molecule has 0 amide bonds. The molecule has 1 aliphatic rings. The van der Waals surface area contributed by atoms with Crippen molar-refractivity contribution in [3.05, 3.63) is 34.1 Å². The Morgan fingerprint density at radius 2 is 2.19 bits per heavy atom. The monoisotopic (exact) mass is 287 g/mol.